The molecule has 320 valence electrons. The van der Waals surface area contributed by atoms with E-state index in [4.69, 9.17) is 4.42 Å². The maximum absolute atomic E-state index is 6.39. The second kappa shape index (κ2) is 13.2. The molecule has 12 aromatic carbocycles. The van der Waals surface area contributed by atoms with Crippen LogP contribution in [0, 0.1) is 0 Å². The largest absolute Gasteiger partial charge is 0.456 e. The first-order chi connectivity index (χ1) is 33.2. The van der Waals surface area contributed by atoms with Crippen molar-refractivity contribution < 1.29 is 4.42 Å². The average molecular weight is 868 g/mol. The molecule has 2 aliphatic rings. The van der Waals surface area contributed by atoms with Crippen LogP contribution in [0.25, 0.3) is 109 Å². The maximum atomic E-state index is 6.39. The minimum atomic E-state index is -0.146. The molecule has 0 saturated heterocycles. The molecule has 0 fully saturated rings. The van der Waals surface area contributed by atoms with Gasteiger partial charge in [0.25, 0.3) is 0 Å². The fourth-order valence-corrected chi connectivity index (χ4v) is 12.9. The summed E-state index contributed by atoms with van der Waals surface area (Å²) in [5.74, 6) is 0. The van der Waals surface area contributed by atoms with Gasteiger partial charge in [-0.05, 0) is 159 Å². The standard InChI is InChI=1S/C66H45NO/c1-65(2)56-21-10-8-17-51(56)62-57(65)22-13-23-59(62)67(41-29-33-48-47-16-7-9-20-55(47)66(3,4)58(48)37-41)40-28-32-45-43-15-6-5-14-42(43)44-30-26-39(35-53(44)54(45)36-40)38-27-31-46-49-18-11-24-60-63(49)64-50(52(46)34-38)19-12-25-61(64)68-60/h5-37H,1-4H3. The molecular formula is C66H45NO. The Bertz CT molecular complexity index is 4330. The van der Waals surface area contributed by atoms with Crippen molar-refractivity contribution in [2.24, 2.45) is 0 Å². The molecule has 0 spiro atoms. The van der Waals surface area contributed by atoms with Gasteiger partial charge in [-0.1, -0.05) is 173 Å². The molecule has 2 aliphatic carbocycles. The Labute approximate surface area is 394 Å². The van der Waals surface area contributed by atoms with Crippen LogP contribution in [0.2, 0.25) is 0 Å². The van der Waals surface area contributed by atoms with Gasteiger partial charge in [-0.15, -0.1) is 0 Å². The van der Waals surface area contributed by atoms with Crippen molar-refractivity contribution in [3.05, 3.63) is 222 Å². The molecule has 0 N–H and O–H groups in total. The van der Waals surface area contributed by atoms with Gasteiger partial charge in [0.2, 0.25) is 0 Å². The van der Waals surface area contributed by atoms with Gasteiger partial charge in [0.15, 0.2) is 0 Å². The first kappa shape index (κ1) is 38.0. The number of furan rings is 1. The molecule has 0 bridgehead atoms. The molecule has 0 atom stereocenters. The summed E-state index contributed by atoms with van der Waals surface area (Å²) in [6, 6.07) is 75.4. The van der Waals surface area contributed by atoms with Crippen LogP contribution >= 0.6 is 0 Å². The number of anilines is 3. The van der Waals surface area contributed by atoms with Crippen LogP contribution in [0.4, 0.5) is 17.1 Å². The van der Waals surface area contributed by atoms with Crippen molar-refractivity contribution in [3.8, 4) is 33.4 Å². The molecule has 0 unspecified atom stereocenters. The van der Waals surface area contributed by atoms with Gasteiger partial charge >= 0.3 is 0 Å². The quantitative estimate of drug-likeness (QED) is 0.164. The number of fused-ring (bicyclic) bond motifs is 15. The molecule has 1 aromatic heterocycles. The lowest BCUT2D eigenvalue weighted by Crippen LogP contribution is -2.17. The second-order valence-electron chi connectivity index (χ2n) is 20.4. The predicted octanol–water partition coefficient (Wildman–Crippen LogP) is 18.5. The summed E-state index contributed by atoms with van der Waals surface area (Å²) in [5, 5.41) is 14.9. The zero-order chi connectivity index (χ0) is 45.2. The minimum Gasteiger partial charge on any atom is -0.456 e. The van der Waals surface area contributed by atoms with E-state index < -0.39 is 0 Å². The highest BCUT2D eigenvalue weighted by atomic mass is 16.3. The van der Waals surface area contributed by atoms with E-state index in [0.717, 1.165) is 22.5 Å². The lowest BCUT2D eigenvalue weighted by Gasteiger charge is -2.30. The molecule has 2 nitrogen and oxygen atoms in total. The molecular weight excluding hydrogens is 823 g/mol. The molecule has 15 rings (SSSR count). The van der Waals surface area contributed by atoms with E-state index in [9.17, 15) is 0 Å². The average Bonchev–Trinajstić information content (AvgIpc) is 3.96. The lowest BCUT2D eigenvalue weighted by atomic mass is 9.82. The van der Waals surface area contributed by atoms with Crippen molar-refractivity contribution in [2.75, 3.05) is 4.90 Å². The van der Waals surface area contributed by atoms with Crippen molar-refractivity contribution >= 4 is 92.9 Å². The molecule has 0 radical (unpaired) electrons. The van der Waals surface area contributed by atoms with E-state index in [0.29, 0.717) is 0 Å². The summed E-state index contributed by atoms with van der Waals surface area (Å²) in [6.07, 6.45) is 0. The normalized spacial score (nSPS) is 14.4. The molecule has 0 saturated carbocycles. The van der Waals surface area contributed by atoms with Crippen molar-refractivity contribution in [2.45, 2.75) is 38.5 Å². The third kappa shape index (κ3) is 4.91. The predicted molar refractivity (Wildman–Crippen MR) is 288 cm³/mol. The Hall–Kier alpha value is -8.20. The Kier molecular flexibility index (Phi) is 7.39. The molecule has 0 amide bonds. The van der Waals surface area contributed by atoms with Gasteiger partial charge in [-0.25, -0.2) is 0 Å². The van der Waals surface area contributed by atoms with E-state index >= 15 is 0 Å². The minimum absolute atomic E-state index is 0.137. The van der Waals surface area contributed by atoms with Gasteiger partial charge in [0.1, 0.15) is 11.2 Å². The lowest BCUT2D eigenvalue weighted by molar-refractivity contribution is 0.660. The number of hydrogen-bond acceptors (Lipinski definition) is 2. The van der Waals surface area contributed by atoms with Crippen LogP contribution < -0.4 is 4.90 Å². The van der Waals surface area contributed by atoms with Crippen LogP contribution in [0.1, 0.15) is 49.9 Å². The van der Waals surface area contributed by atoms with E-state index in [1.54, 1.807) is 0 Å². The highest BCUT2D eigenvalue weighted by molar-refractivity contribution is 6.33. The first-order valence-corrected chi connectivity index (χ1v) is 24.0. The second-order valence-corrected chi connectivity index (χ2v) is 20.4. The van der Waals surface area contributed by atoms with Crippen LogP contribution in [-0.2, 0) is 10.8 Å². The molecule has 68 heavy (non-hydrogen) atoms. The van der Waals surface area contributed by atoms with Crippen LogP contribution in [0.3, 0.4) is 0 Å². The first-order valence-electron chi connectivity index (χ1n) is 24.0. The fraction of sp³-hybridized carbons (Fsp3) is 0.0909. The van der Waals surface area contributed by atoms with E-state index in [2.05, 4.69) is 233 Å². The van der Waals surface area contributed by atoms with Gasteiger partial charge in [0.05, 0.1) is 5.69 Å². The van der Waals surface area contributed by atoms with E-state index in [1.807, 2.05) is 0 Å². The van der Waals surface area contributed by atoms with Crippen LogP contribution in [-0.4, -0.2) is 0 Å². The summed E-state index contributed by atoms with van der Waals surface area (Å²) in [6.45, 7) is 9.52. The SMILES string of the molecule is CC1(C)c2ccccc2-c2ccc(N(c3ccc4c5ccccc5c5ccc(-c6ccc7c(c6)c6cccc8oc9cccc7c9c86)cc5c4c3)c3cccc4c3-c3ccccc3C4(C)C)cc21. The summed E-state index contributed by atoms with van der Waals surface area (Å²) in [5.41, 5.74) is 18.2. The topological polar surface area (TPSA) is 16.4 Å². The van der Waals surface area contributed by atoms with Crippen molar-refractivity contribution in [1.29, 1.82) is 0 Å². The van der Waals surface area contributed by atoms with Gasteiger partial charge in [0, 0.05) is 38.5 Å². The summed E-state index contributed by atoms with van der Waals surface area (Å²) in [4.78, 5) is 2.55. The zero-order valence-electron chi connectivity index (χ0n) is 38.4. The van der Waals surface area contributed by atoms with E-state index in [1.165, 1.54) is 126 Å². The number of hydrogen-bond donors (Lipinski definition) is 0. The van der Waals surface area contributed by atoms with Crippen LogP contribution in [0.5, 0.6) is 0 Å². The van der Waals surface area contributed by atoms with Gasteiger partial charge < -0.3 is 9.32 Å². The summed E-state index contributed by atoms with van der Waals surface area (Å²) >= 11 is 0. The molecule has 0 aliphatic heterocycles. The fourth-order valence-electron chi connectivity index (χ4n) is 12.9. The number of rotatable bonds is 4. The number of benzene rings is 12. The Morgan fingerprint density at radius 1 is 0.324 bits per heavy atom. The summed E-state index contributed by atoms with van der Waals surface area (Å²) in [7, 11) is 0. The third-order valence-electron chi connectivity index (χ3n) is 16.2. The maximum Gasteiger partial charge on any atom is 0.136 e. The van der Waals surface area contributed by atoms with Gasteiger partial charge in [-0.2, -0.15) is 0 Å². The Morgan fingerprint density at radius 3 is 1.49 bits per heavy atom. The zero-order valence-corrected chi connectivity index (χ0v) is 38.4. The van der Waals surface area contributed by atoms with Crippen molar-refractivity contribution in [1.82, 2.24) is 0 Å². The Morgan fingerprint density at radius 2 is 0.779 bits per heavy atom. The molecule has 13 aromatic rings. The highest BCUT2D eigenvalue weighted by Crippen LogP contribution is 2.56. The van der Waals surface area contributed by atoms with E-state index in [-0.39, 0.29) is 10.8 Å². The van der Waals surface area contributed by atoms with Crippen LogP contribution in [0.15, 0.2) is 205 Å². The smallest absolute Gasteiger partial charge is 0.136 e. The molecule has 2 heteroatoms. The monoisotopic (exact) mass is 867 g/mol. The van der Waals surface area contributed by atoms with Gasteiger partial charge in [-0.3, -0.25) is 0 Å². The number of nitrogens with zero attached hydrogens (tertiary/aromatic N) is 1. The third-order valence-corrected chi connectivity index (χ3v) is 16.2. The molecule has 1 heterocycles. The highest BCUT2D eigenvalue weighted by Gasteiger charge is 2.39. The Balaban J connectivity index is 0.986. The summed E-state index contributed by atoms with van der Waals surface area (Å²) < 4.78 is 6.39. The van der Waals surface area contributed by atoms with Crippen molar-refractivity contribution in [3.63, 3.8) is 0 Å².